The Morgan fingerprint density at radius 2 is 2.00 bits per heavy atom. The summed E-state index contributed by atoms with van der Waals surface area (Å²) in [4.78, 5) is 0.416. The second-order valence-corrected chi connectivity index (χ2v) is 7.04. The van der Waals surface area contributed by atoms with Crippen molar-refractivity contribution in [2.45, 2.75) is 37.6 Å². The molecule has 0 saturated heterocycles. The summed E-state index contributed by atoms with van der Waals surface area (Å²) in [7, 11) is -3.40. The second kappa shape index (κ2) is 5.19. The zero-order chi connectivity index (χ0) is 13.3. The summed E-state index contributed by atoms with van der Waals surface area (Å²) in [5, 5.41) is 0. The number of alkyl halides is 1. The summed E-state index contributed by atoms with van der Waals surface area (Å²) < 4.78 is 26.8. The molecular weight excluding hydrogens is 270 g/mol. The van der Waals surface area contributed by atoms with Crippen molar-refractivity contribution in [3.8, 4) is 0 Å². The molecule has 1 aromatic rings. The highest BCUT2D eigenvalue weighted by atomic mass is 35.5. The van der Waals surface area contributed by atoms with E-state index in [2.05, 4.69) is 0 Å². The fourth-order valence-corrected chi connectivity index (χ4v) is 4.34. The molecule has 1 aliphatic carbocycles. The van der Waals surface area contributed by atoms with Gasteiger partial charge >= 0.3 is 0 Å². The van der Waals surface area contributed by atoms with E-state index < -0.39 is 10.0 Å². The molecule has 1 aromatic carbocycles. The molecule has 0 unspecified atom stereocenters. The summed E-state index contributed by atoms with van der Waals surface area (Å²) in [5.41, 5.74) is 1.75. The molecular formula is C13H18ClNO2S. The smallest absolute Gasteiger partial charge is 0.207 e. The average molecular weight is 288 g/mol. The molecule has 5 heteroatoms. The van der Waals surface area contributed by atoms with Crippen molar-refractivity contribution in [1.29, 1.82) is 0 Å². The van der Waals surface area contributed by atoms with Crippen LogP contribution in [-0.2, 0) is 10.0 Å². The number of nitrogens with zero attached hydrogens (tertiary/aromatic N) is 1. The van der Waals surface area contributed by atoms with E-state index in [1.165, 1.54) is 0 Å². The second-order valence-electron chi connectivity index (χ2n) is 4.80. The van der Waals surface area contributed by atoms with Gasteiger partial charge in [-0.2, -0.15) is 4.31 Å². The van der Waals surface area contributed by atoms with E-state index in [0.29, 0.717) is 17.3 Å². The van der Waals surface area contributed by atoms with Crippen LogP contribution in [0.1, 0.15) is 24.0 Å². The molecule has 100 valence electrons. The Kier molecular flexibility index (Phi) is 3.99. The van der Waals surface area contributed by atoms with Crippen molar-refractivity contribution >= 4 is 21.6 Å². The van der Waals surface area contributed by atoms with E-state index in [1.54, 1.807) is 10.4 Å². The van der Waals surface area contributed by atoms with Crippen LogP contribution in [0, 0.1) is 13.8 Å². The maximum atomic E-state index is 12.6. The highest BCUT2D eigenvalue weighted by Gasteiger charge is 2.38. The van der Waals surface area contributed by atoms with Gasteiger partial charge in [0.05, 0.1) is 4.90 Å². The molecule has 0 N–H and O–H groups in total. The minimum absolute atomic E-state index is 0.147. The third-order valence-corrected chi connectivity index (χ3v) is 5.45. The Balaban J connectivity index is 2.42. The van der Waals surface area contributed by atoms with Gasteiger partial charge in [-0.25, -0.2) is 8.42 Å². The number of benzene rings is 1. The minimum Gasteiger partial charge on any atom is -0.207 e. The van der Waals surface area contributed by atoms with Gasteiger partial charge in [0, 0.05) is 18.5 Å². The number of hydrogen-bond donors (Lipinski definition) is 0. The largest absolute Gasteiger partial charge is 0.243 e. The standard InChI is InChI=1S/C13H18ClNO2S/c1-10-3-4-11(2)13(9-10)18(16,17)15(8-7-14)12-5-6-12/h3-4,9,12H,5-8H2,1-2H3. The third-order valence-electron chi connectivity index (χ3n) is 3.19. The molecule has 0 aromatic heterocycles. The summed E-state index contributed by atoms with van der Waals surface area (Å²) >= 11 is 5.73. The van der Waals surface area contributed by atoms with Crippen molar-refractivity contribution in [1.82, 2.24) is 4.31 Å². The molecule has 0 heterocycles. The SMILES string of the molecule is Cc1ccc(C)c(S(=O)(=O)N(CCCl)C2CC2)c1. The van der Waals surface area contributed by atoms with Crippen LogP contribution in [0.5, 0.6) is 0 Å². The number of hydrogen-bond acceptors (Lipinski definition) is 2. The van der Waals surface area contributed by atoms with Crippen LogP contribution in [0.15, 0.2) is 23.1 Å². The first-order valence-electron chi connectivity index (χ1n) is 6.12. The maximum Gasteiger partial charge on any atom is 0.243 e. The Labute approximate surface area is 114 Å². The highest BCUT2D eigenvalue weighted by molar-refractivity contribution is 7.89. The summed E-state index contributed by atoms with van der Waals surface area (Å²) in [6, 6.07) is 5.67. The van der Waals surface area contributed by atoms with E-state index >= 15 is 0 Å². The van der Waals surface area contributed by atoms with Gasteiger partial charge in [-0.15, -0.1) is 11.6 Å². The third kappa shape index (κ3) is 2.71. The van der Waals surface area contributed by atoms with Gasteiger partial charge in [0.2, 0.25) is 10.0 Å². The predicted octanol–water partition coefficient (Wildman–Crippen LogP) is 2.70. The van der Waals surface area contributed by atoms with E-state index in [4.69, 9.17) is 11.6 Å². The Bertz CT molecular complexity index is 538. The Morgan fingerprint density at radius 1 is 1.33 bits per heavy atom. The lowest BCUT2D eigenvalue weighted by atomic mass is 10.2. The zero-order valence-corrected chi connectivity index (χ0v) is 12.3. The Morgan fingerprint density at radius 3 is 2.56 bits per heavy atom. The lowest BCUT2D eigenvalue weighted by Crippen LogP contribution is -2.35. The first-order valence-corrected chi connectivity index (χ1v) is 8.09. The summed E-state index contributed by atoms with van der Waals surface area (Å²) in [6.07, 6.45) is 1.89. The van der Waals surface area contributed by atoms with Gasteiger partial charge < -0.3 is 0 Å². The first kappa shape index (κ1) is 13.8. The molecule has 0 spiro atoms. The van der Waals surface area contributed by atoms with Crippen LogP contribution >= 0.6 is 11.6 Å². The molecule has 0 atom stereocenters. The van der Waals surface area contributed by atoms with Crippen molar-refractivity contribution in [2.24, 2.45) is 0 Å². The van der Waals surface area contributed by atoms with Gasteiger partial charge in [0.1, 0.15) is 0 Å². The number of rotatable bonds is 5. The lowest BCUT2D eigenvalue weighted by molar-refractivity contribution is 0.422. The normalized spacial score (nSPS) is 16.2. The zero-order valence-electron chi connectivity index (χ0n) is 10.7. The maximum absolute atomic E-state index is 12.6. The van der Waals surface area contributed by atoms with Gasteiger partial charge in [-0.3, -0.25) is 0 Å². The lowest BCUT2D eigenvalue weighted by Gasteiger charge is -2.22. The molecule has 0 aliphatic heterocycles. The molecule has 3 nitrogen and oxygen atoms in total. The fourth-order valence-electron chi connectivity index (χ4n) is 2.06. The van der Waals surface area contributed by atoms with Gasteiger partial charge in [-0.1, -0.05) is 12.1 Å². The molecule has 0 bridgehead atoms. The molecule has 1 fully saturated rings. The molecule has 1 saturated carbocycles. The number of halogens is 1. The van der Waals surface area contributed by atoms with E-state index in [0.717, 1.165) is 24.0 Å². The van der Waals surface area contributed by atoms with Gasteiger partial charge in [0.15, 0.2) is 0 Å². The number of aryl methyl sites for hydroxylation is 2. The molecule has 0 amide bonds. The summed E-state index contributed by atoms with van der Waals surface area (Å²) in [6.45, 7) is 4.13. The topological polar surface area (TPSA) is 37.4 Å². The van der Waals surface area contributed by atoms with E-state index in [-0.39, 0.29) is 6.04 Å². The molecule has 0 radical (unpaired) electrons. The van der Waals surface area contributed by atoms with Crippen molar-refractivity contribution in [3.63, 3.8) is 0 Å². The molecule has 18 heavy (non-hydrogen) atoms. The predicted molar refractivity (Wildman–Crippen MR) is 73.5 cm³/mol. The van der Waals surface area contributed by atoms with Crippen LogP contribution in [-0.4, -0.2) is 31.2 Å². The van der Waals surface area contributed by atoms with Crippen molar-refractivity contribution < 1.29 is 8.42 Å². The van der Waals surface area contributed by atoms with Crippen LogP contribution in [0.25, 0.3) is 0 Å². The van der Waals surface area contributed by atoms with Crippen LogP contribution in [0.4, 0.5) is 0 Å². The Hall–Kier alpha value is -0.580. The van der Waals surface area contributed by atoms with Gasteiger partial charge in [0.25, 0.3) is 0 Å². The van der Waals surface area contributed by atoms with Crippen molar-refractivity contribution in [2.75, 3.05) is 12.4 Å². The van der Waals surface area contributed by atoms with Gasteiger partial charge in [-0.05, 0) is 43.9 Å². The first-order chi connectivity index (χ1) is 8.46. The summed E-state index contributed by atoms with van der Waals surface area (Å²) in [5.74, 6) is 0.334. The average Bonchev–Trinajstić information content (AvgIpc) is 3.13. The van der Waals surface area contributed by atoms with Crippen LogP contribution in [0.2, 0.25) is 0 Å². The minimum atomic E-state index is -3.40. The highest BCUT2D eigenvalue weighted by Crippen LogP contribution is 2.33. The quantitative estimate of drug-likeness (QED) is 0.781. The number of sulfonamides is 1. The van der Waals surface area contributed by atoms with Crippen molar-refractivity contribution in [3.05, 3.63) is 29.3 Å². The monoisotopic (exact) mass is 287 g/mol. The van der Waals surface area contributed by atoms with Crippen LogP contribution in [0.3, 0.4) is 0 Å². The fraction of sp³-hybridized carbons (Fsp3) is 0.538. The van der Waals surface area contributed by atoms with Crippen LogP contribution < -0.4 is 0 Å². The molecule has 2 rings (SSSR count). The van der Waals surface area contributed by atoms with E-state index in [9.17, 15) is 8.42 Å². The van der Waals surface area contributed by atoms with E-state index in [1.807, 2.05) is 26.0 Å². The molecule has 1 aliphatic rings.